The second-order valence-corrected chi connectivity index (χ2v) is 11.1. The molecule has 1 aromatic heterocycles. The van der Waals surface area contributed by atoms with Crippen LogP contribution < -0.4 is 15.4 Å². The molecule has 0 unspecified atom stereocenters. The molecule has 6 bridgehead atoms. The molecule has 1 saturated heterocycles. The van der Waals surface area contributed by atoms with Gasteiger partial charge in [0.25, 0.3) is 5.92 Å². The number of ether oxygens (including phenoxy) is 1. The average Bonchev–Trinajstić information content (AvgIpc) is 2.96. The fraction of sp³-hybridized carbons (Fsp3) is 0.516. The molecule has 1 fully saturated rings. The molecular formula is C31H39F2N5O2. The first-order valence-corrected chi connectivity index (χ1v) is 14.4. The van der Waals surface area contributed by atoms with Crippen molar-refractivity contribution in [1.29, 1.82) is 0 Å². The van der Waals surface area contributed by atoms with Gasteiger partial charge in [-0.15, -0.1) is 0 Å². The summed E-state index contributed by atoms with van der Waals surface area (Å²) in [5.41, 5.74) is 3.29. The molecule has 1 atom stereocenters. The third-order valence-corrected chi connectivity index (χ3v) is 8.36. The highest BCUT2D eigenvalue weighted by Gasteiger charge is 2.42. The van der Waals surface area contributed by atoms with Crippen molar-refractivity contribution in [2.75, 3.05) is 38.6 Å². The van der Waals surface area contributed by atoms with Crippen LogP contribution in [0.5, 0.6) is 5.75 Å². The summed E-state index contributed by atoms with van der Waals surface area (Å²) < 4.78 is 37.1. The molecule has 6 rings (SSSR count). The zero-order chi connectivity index (χ0) is 28.1. The van der Waals surface area contributed by atoms with Crippen molar-refractivity contribution in [3.8, 4) is 5.75 Å². The molecule has 9 heteroatoms. The van der Waals surface area contributed by atoms with Gasteiger partial charge in [0.2, 0.25) is 5.91 Å². The van der Waals surface area contributed by atoms with E-state index in [1.807, 2.05) is 25.1 Å². The number of hydrogen-bond acceptors (Lipinski definition) is 6. The van der Waals surface area contributed by atoms with Gasteiger partial charge in [-0.05, 0) is 88.3 Å². The van der Waals surface area contributed by atoms with Gasteiger partial charge in [-0.1, -0.05) is 18.2 Å². The van der Waals surface area contributed by atoms with Gasteiger partial charge >= 0.3 is 0 Å². The molecule has 0 spiro atoms. The Bertz CT molecular complexity index is 1330. The lowest BCUT2D eigenvalue weighted by atomic mass is 9.85. The number of amides is 1. The van der Waals surface area contributed by atoms with E-state index in [1.165, 1.54) is 0 Å². The van der Waals surface area contributed by atoms with Crippen LogP contribution in [0.3, 0.4) is 0 Å². The standard InChI is InChI=1S/C31H39F2N5O2/c1-21-22-7-5-9-25(17-22)31(32,33)24-11-15-38(16-12-24)14-4-3-13-34-30(39)10-6-8-23-18-26-27(19-29(23)40-2)37-35-20-28(26)36-21/h5,7,9,17-21,24,36H,3-4,6,8,10-16H2,1-2H3,(H,34,39)/t21-/m1/s1. The van der Waals surface area contributed by atoms with E-state index >= 15 is 8.78 Å². The molecule has 40 heavy (non-hydrogen) atoms. The molecular weight excluding hydrogens is 512 g/mol. The molecule has 3 aliphatic heterocycles. The summed E-state index contributed by atoms with van der Waals surface area (Å²) in [7, 11) is 1.62. The van der Waals surface area contributed by atoms with E-state index in [1.54, 1.807) is 31.5 Å². The van der Waals surface area contributed by atoms with E-state index in [-0.39, 0.29) is 17.5 Å². The minimum atomic E-state index is -2.89. The number of carbonyl (C=O) groups excluding carboxylic acids is 1. The number of rotatable bonds is 1. The SMILES string of the molecule is COc1cc2nncc3c2cc1CCCC(=O)NCCCCN1CCC(CC1)C(F)(F)c1cccc(c1)[C@@H](C)N3. The second kappa shape index (κ2) is 12.5. The number of hydrogen-bond donors (Lipinski definition) is 2. The second-order valence-electron chi connectivity index (χ2n) is 11.1. The Kier molecular flexibility index (Phi) is 8.78. The minimum Gasteiger partial charge on any atom is -0.496 e. The monoisotopic (exact) mass is 551 g/mol. The predicted octanol–water partition coefficient (Wildman–Crippen LogP) is 5.85. The first-order chi connectivity index (χ1) is 19.3. The average molecular weight is 552 g/mol. The lowest BCUT2D eigenvalue weighted by Gasteiger charge is -2.36. The topological polar surface area (TPSA) is 79.4 Å². The normalized spacial score (nSPS) is 24.3. The third kappa shape index (κ3) is 6.35. The van der Waals surface area contributed by atoms with Gasteiger partial charge in [0.15, 0.2) is 0 Å². The van der Waals surface area contributed by atoms with E-state index in [0.29, 0.717) is 63.0 Å². The summed E-state index contributed by atoms with van der Waals surface area (Å²) in [5, 5.41) is 15.8. The number of piperidine rings is 1. The Labute approximate surface area is 234 Å². The number of nitrogens with one attached hydrogen (secondary N) is 2. The quantitative estimate of drug-likeness (QED) is 0.395. The van der Waals surface area contributed by atoms with Crippen LogP contribution in [0, 0.1) is 5.92 Å². The molecule has 0 aliphatic carbocycles. The van der Waals surface area contributed by atoms with Crippen LogP contribution in [0.1, 0.15) is 68.2 Å². The summed E-state index contributed by atoms with van der Waals surface area (Å²) in [6.45, 7) is 4.83. The summed E-state index contributed by atoms with van der Waals surface area (Å²) in [4.78, 5) is 14.7. The first-order valence-electron chi connectivity index (χ1n) is 14.4. The molecule has 214 valence electrons. The van der Waals surface area contributed by atoms with E-state index in [0.717, 1.165) is 41.6 Å². The minimum absolute atomic E-state index is 0.0463. The van der Waals surface area contributed by atoms with Crippen molar-refractivity contribution in [3.63, 3.8) is 0 Å². The lowest BCUT2D eigenvalue weighted by molar-refractivity contribution is -0.121. The molecule has 2 aromatic carbocycles. The van der Waals surface area contributed by atoms with E-state index in [4.69, 9.17) is 4.74 Å². The summed E-state index contributed by atoms with van der Waals surface area (Å²) in [5.74, 6) is -2.81. The Hall–Kier alpha value is -3.33. The fourth-order valence-electron chi connectivity index (χ4n) is 5.93. The van der Waals surface area contributed by atoms with Gasteiger partial charge in [0.1, 0.15) is 5.75 Å². The maximum atomic E-state index is 15.7. The number of methoxy groups -OCH3 is 1. The van der Waals surface area contributed by atoms with Crippen LogP contribution in [0.15, 0.2) is 42.6 Å². The largest absolute Gasteiger partial charge is 0.496 e. The summed E-state index contributed by atoms with van der Waals surface area (Å²) in [6, 6.07) is 10.5. The summed E-state index contributed by atoms with van der Waals surface area (Å²) >= 11 is 0. The predicted molar refractivity (Wildman–Crippen MR) is 153 cm³/mol. The van der Waals surface area contributed by atoms with Gasteiger partial charge in [0, 0.05) is 41.9 Å². The van der Waals surface area contributed by atoms with Gasteiger partial charge in [-0.2, -0.15) is 10.2 Å². The molecule has 0 radical (unpaired) electrons. The number of carbonyl (C=O) groups is 1. The third-order valence-electron chi connectivity index (χ3n) is 8.36. The van der Waals surface area contributed by atoms with Gasteiger partial charge in [-0.25, -0.2) is 8.78 Å². The molecule has 3 aromatic rings. The summed E-state index contributed by atoms with van der Waals surface area (Å²) in [6.07, 6.45) is 6.24. The fourth-order valence-corrected chi connectivity index (χ4v) is 5.93. The number of benzene rings is 2. The Morgan fingerprint density at radius 2 is 1.88 bits per heavy atom. The highest BCUT2D eigenvalue weighted by Crippen LogP contribution is 2.42. The van der Waals surface area contributed by atoms with E-state index in [9.17, 15) is 4.79 Å². The zero-order valence-corrected chi connectivity index (χ0v) is 23.4. The van der Waals surface area contributed by atoms with Crippen LogP contribution in [-0.4, -0.2) is 54.3 Å². The highest BCUT2D eigenvalue weighted by atomic mass is 19.3. The number of alkyl halides is 2. The molecule has 3 aliphatic rings. The number of halogens is 2. The van der Waals surface area contributed by atoms with Gasteiger partial charge in [-0.3, -0.25) is 4.79 Å². The molecule has 0 saturated carbocycles. The smallest absolute Gasteiger partial charge is 0.276 e. The van der Waals surface area contributed by atoms with Crippen molar-refractivity contribution in [1.82, 2.24) is 20.4 Å². The number of nitrogens with zero attached hydrogens (tertiary/aromatic N) is 3. The van der Waals surface area contributed by atoms with Crippen LogP contribution >= 0.6 is 0 Å². The van der Waals surface area contributed by atoms with Gasteiger partial charge < -0.3 is 20.3 Å². The maximum absolute atomic E-state index is 15.7. The van der Waals surface area contributed by atoms with Crippen molar-refractivity contribution < 1.29 is 18.3 Å². The van der Waals surface area contributed by atoms with Crippen molar-refractivity contribution >= 4 is 22.5 Å². The Morgan fingerprint density at radius 3 is 2.67 bits per heavy atom. The maximum Gasteiger partial charge on any atom is 0.276 e. The van der Waals surface area contributed by atoms with Crippen LogP contribution in [0.25, 0.3) is 10.9 Å². The molecule has 7 nitrogen and oxygen atoms in total. The first kappa shape index (κ1) is 28.2. The Morgan fingerprint density at radius 1 is 1.05 bits per heavy atom. The van der Waals surface area contributed by atoms with Crippen molar-refractivity contribution in [2.24, 2.45) is 5.92 Å². The number of aryl methyl sites for hydroxylation is 1. The molecule has 4 heterocycles. The van der Waals surface area contributed by atoms with Crippen molar-refractivity contribution in [3.05, 3.63) is 59.3 Å². The van der Waals surface area contributed by atoms with E-state index < -0.39 is 11.8 Å². The number of aromatic nitrogens is 2. The highest BCUT2D eigenvalue weighted by molar-refractivity contribution is 5.92. The molecule has 1 amide bonds. The van der Waals surface area contributed by atoms with Crippen molar-refractivity contribution in [2.45, 2.75) is 63.8 Å². The van der Waals surface area contributed by atoms with Crippen LogP contribution in [0.4, 0.5) is 14.5 Å². The van der Waals surface area contributed by atoms with Crippen LogP contribution in [-0.2, 0) is 17.1 Å². The van der Waals surface area contributed by atoms with Gasteiger partial charge in [0.05, 0.1) is 24.5 Å². The van der Waals surface area contributed by atoms with Crippen LogP contribution in [0.2, 0.25) is 0 Å². The Balaban J connectivity index is 1.45. The zero-order valence-electron chi connectivity index (χ0n) is 23.4. The van der Waals surface area contributed by atoms with E-state index in [2.05, 4.69) is 25.7 Å². The molecule has 2 N–H and O–H groups in total. The number of fused-ring (bicyclic) bond motifs is 11. The number of anilines is 1. The lowest BCUT2D eigenvalue weighted by Crippen LogP contribution is -2.40.